The highest BCUT2D eigenvalue weighted by Crippen LogP contribution is 2.31. The normalized spacial score (nSPS) is 26.1. The second-order valence-electron chi connectivity index (χ2n) is 6.86. The van der Waals surface area contributed by atoms with Crippen LogP contribution in [0.2, 0.25) is 0 Å². The van der Waals surface area contributed by atoms with E-state index >= 15 is 0 Å². The largest absolute Gasteiger partial charge is 0.394 e. The Hall–Kier alpha value is -2.45. The molecule has 1 aromatic rings. The molecule has 3 heterocycles. The Labute approximate surface area is 150 Å². The minimum Gasteiger partial charge on any atom is -0.394 e. The van der Waals surface area contributed by atoms with E-state index < -0.39 is 11.9 Å². The number of hydrogen-bond acceptors (Lipinski definition) is 6. The summed E-state index contributed by atoms with van der Waals surface area (Å²) in [6.07, 6.45) is 0.399. The van der Waals surface area contributed by atoms with Crippen LogP contribution in [0.15, 0.2) is 18.2 Å². The fourth-order valence-corrected chi connectivity index (χ4v) is 3.82. The molecule has 0 aliphatic carbocycles. The van der Waals surface area contributed by atoms with E-state index in [1.807, 2.05) is 12.1 Å². The Bertz CT molecular complexity index is 765. The van der Waals surface area contributed by atoms with Crippen molar-refractivity contribution < 1.29 is 24.2 Å². The van der Waals surface area contributed by atoms with Gasteiger partial charge in [-0.1, -0.05) is 0 Å². The van der Waals surface area contributed by atoms with Crippen LogP contribution in [-0.4, -0.2) is 66.2 Å². The monoisotopic (exact) mass is 359 g/mol. The summed E-state index contributed by atoms with van der Waals surface area (Å²) in [5.74, 6) is -0.860. The molecular weight excluding hydrogens is 338 g/mol. The van der Waals surface area contributed by atoms with E-state index in [0.717, 1.165) is 17.8 Å². The van der Waals surface area contributed by atoms with E-state index in [2.05, 4.69) is 10.2 Å². The molecule has 0 spiro atoms. The summed E-state index contributed by atoms with van der Waals surface area (Å²) in [7, 11) is 0. The Morgan fingerprint density at radius 3 is 2.88 bits per heavy atom. The van der Waals surface area contributed by atoms with Gasteiger partial charge in [0.25, 0.3) is 5.91 Å². The zero-order chi connectivity index (χ0) is 18.3. The molecule has 0 aromatic heterocycles. The SMILES string of the molecule is O=C1CCC(N2Cc3cc(N4CCOC(CO)C4)ccc3C2=O)C(=O)N1. The number of hydrogen-bond donors (Lipinski definition) is 2. The van der Waals surface area contributed by atoms with Crippen molar-refractivity contribution in [3.63, 3.8) is 0 Å². The predicted molar refractivity (Wildman–Crippen MR) is 91.5 cm³/mol. The molecule has 2 unspecified atom stereocenters. The molecule has 3 amide bonds. The van der Waals surface area contributed by atoms with Gasteiger partial charge in [-0.05, 0) is 30.2 Å². The molecule has 0 radical (unpaired) electrons. The Morgan fingerprint density at radius 1 is 1.27 bits per heavy atom. The maximum Gasteiger partial charge on any atom is 0.255 e. The molecule has 2 saturated heterocycles. The maximum atomic E-state index is 12.7. The molecule has 8 heteroatoms. The third-order valence-corrected chi connectivity index (χ3v) is 5.21. The van der Waals surface area contributed by atoms with Crippen LogP contribution in [-0.2, 0) is 20.9 Å². The summed E-state index contributed by atoms with van der Waals surface area (Å²) >= 11 is 0. The molecule has 1 aromatic carbocycles. The number of ether oxygens (including phenoxy) is 1. The van der Waals surface area contributed by atoms with Gasteiger partial charge in [0.05, 0.1) is 19.3 Å². The number of piperidine rings is 1. The zero-order valence-corrected chi connectivity index (χ0v) is 14.3. The van der Waals surface area contributed by atoms with Crippen LogP contribution in [0.5, 0.6) is 0 Å². The van der Waals surface area contributed by atoms with E-state index in [1.54, 1.807) is 11.0 Å². The van der Waals surface area contributed by atoms with Gasteiger partial charge in [0.15, 0.2) is 0 Å². The van der Waals surface area contributed by atoms with Crippen molar-refractivity contribution in [2.75, 3.05) is 31.2 Å². The van der Waals surface area contributed by atoms with Crippen molar-refractivity contribution in [3.8, 4) is 0 Å². The Balaban J connectivity index is 1.53. The molecule has 0 saturated carbocycles. The topological polar surface area (TPSA) is 99.2 Å². The number of imide groups is 1. The van der Waals surface area contributed by atoms with Gasteiger partial charge >= 0.3 is 0 Å². The van der Waals surface area contributed by atoms with Crippen LogP contribution in [0.1, 0.15) is 28.8 Å². The van der Waals surface area contributed by atoms with Crippen LogP contribution in [0.25, 0.3) is 0 Å². The van der Waals surface area contributed by atoms with Crippen molar-refractivity contribution in [3.05, 3.63) is 29.3 Å². The van der Waals surface area contributed by atoms with Gasteiger partial charge < -0.3 is 19.6 Å². The zero-order valence-electron chi connectivity index (χ0n) is 14.3. The summed E-state index contributed by atoms with van der Waals surface area (Å²) in [6.45, 7) is 2.20. The van der Waals surface area contributed by atoms with Crippen molar-refractivity contribution in [2.24, 2.45) is 0 Å². The van der Waals surface area contributed by atoms with Gasteiger partial charge in [-0.2, -0.15) is 0 Å². The highest BCUT2D eigenvalue weighted by Gasteiger charge is 2.39. The smallest absolute Gasteiger partial charge is 0.255 e. The molecule has 8 nitrogen and oxygen atoms in total. The first-order valence-corrected chi connectivity index (χ1v) is 8.82. The number of nitrogens with zero attached hydrogens (tertiary/aromatic N) is 2. The van der Waals surface area contributed by atoms with E-state index in [-0.39, 0.29) is 30.9 Å². The van der Waals surface area contributed by atoms with E-state index in [0.29, 0.717) is 31.7 Å². The molecule has 4 rings (SSSR count). The fourth-order valence-electron chi connectivity index (χ4n) is 3.82. The van der Waals surface area contributed by atoms with Gasteiger partial charge in [-0.3, -0.25) is 19.7 Å². The molecule has 3 aliphatic rings. The standard InChI is InChI=1S/C18H21N3O5/c22-10-13-9-20(5-6-26-13)12-1-2-14-11(7-12)8-21(18(14)25)15-3-4-16(23)19-17(15)24/h1-2,7,13,15,22H,3-6,8-10H2,(H,19,23,24). The highest BCUT2D eigenvalue weighted by molar-refractivity contribution is 6.05. The fraction of sp³-hybridized carbons (Fsp3) is 0.500. The van der Waals surface area contributed by atoms with Crippen molar-refractivity contribution in [1.82, 2.24) is 10.2 Å². The Morgan fingerprint density at radius 2 is 2.12 bits per heavy atom. The van der Waals surface area contributed by atoms with Crippen LogP contribution >= 0.6 is 0 Å². The first kappa shape index (κ1) is 17.0. The number of carbonyl (C=O) groups excluding carboxylic acids is 3. The lowest BCUT2D eigenvalue weighted by Gasteiger charge is -2.34. The summed E-state index contributed by atoms with van der Waals surface area (Å²) in [6, 6.07) is 5.06. The molecule has 2 fully saturated rings. The summed E-state index contributed by atoms with van der Waals surface area (Å²) in [5.41, 5.74) is 2.46. The minimum absolute atomic E-state index is 0.0246. The second-order valence-corrected chi connectivity index (χ2v) is 6.86. The number of aliphatic hydroxyl groups excluding tert-OH is 1. The number of morpholine rings is 1. The molecule has 2 N–H and O–H groups in total. The average molecular weight is 359 g/mol. The third-order valence-electron chi connectivity index (χ3n) is 5.21. The Kier molecular flexibility index (Phi) is 4.37. The minimum atomic E-state index is -0.599. The summed E-state index contributed by atoms with van der Waals surface area (Å²) in [4.78, 5) is 39.8. The average Bonchev–Trinajstić information content (AvgIpc) is 2.98. The van der Waals surface area contributed by atoms with Gasteiger partial charge in [-0.15, -0.1) is 0 Å². The predicted octanol–water partition coefficient (Wildman–Crippen LogP) is -0.355. The van der Waals surface area contributed by atoms with Crippen LogP contribution in [0.3, 0.4) is 0 Å². The quantitative estimate of drug-likeness (QED) is 0.716. The number of benzene rings is 1. The highest BCUT2D eigenvalue weighted by atomic mass is 16.5. The van der Waals surface area contributed by atoms with E-state index in [4.69, 9.17) is 4.74 Å². The molecule has 2 atom stereocenters. The molecule has 138 valence electrons. The van der Waals surface area contributed by atoms with Crippen LogP contribution in [0, 0.1) is 0 Å². The number of carbonyl (C=O) groups is 3. The number of rotatable bonds is 3. The van der Waals surface area contributed by atoms with Crippen LogP contribution < -0.4 is 10.2 Å². The first-order chi connectivity index (χ1) is 12.6. The molecule has 0 bridgehead atoms. The molecule has 26 heavy (non-hydrogen) atoms. The van der Waals surface area contributed by atoms with E-state index in [9.17, 15) is 19.5 Å². The van der Waals surface area contributed by atoms with Gasteiger partial charge in [0, 0.05) is 37.3 Å². The van der Waals surface area contributed by atoms with E-state index in [1.165, 1.54) is 0 Å². The molecule has 3 aliphatic heterocycles. The number of nitrogens with one attached hydrogen (secondary N) is 1. The lowest BCUT2D eigenvalue weighted by atomic mass is 10.0. The van der Waals surface area contributed by atoms with Gasteiger partial charge in [0.1, 0.15) is 6.04 Å². The number of fused-ring (bicyclic) bond motifs is 1. The van der Waals surface area contributed by atoms with Crippen molar-refractivity contribution in [1.29, 1.82) is 0 Å². The lowest BCUT2D eigenvalue weighted by Crippen LogP contribution is -2.52. The van der Waals surface area contributed by atoms with Crippen molar-refractivity contribution >= 4 is 23.4 Å². The first-order valence-electron chi connectivity index (χ1n) is 8.82. The second kappa shape index (κ2) is 6.69. The number of anilines is 1. The third kappa shape index (κ3) is 2.95. The van der Waals surface area contributed by atoms with Gasteiger partial charge in [0.2, 0.25) is 11.8 Å². The summed E-state index contributed by atoms with van der Waals surface area (Å²) in [5, 5.41) is 11.6. The van der Waals surface area contributed by atoms with Crippen molar-refractivity contribution in [2.45, 2.75) is 31.5 Å². The number of amides is 3. The summed E-state index contributed by atoms with van der Waals surface area (Å²) < 4.78 is 5.48. The maximum absolute atomic E-state index is 12.7. The van der Waals surface area contributed by atoms with Gasteiger partial charge in [-0.25, -0.2) is 0 Å². The van der Waals surface area contributed by atoms with Crippen LogP contribution in [0.4, 0.5) is 5.69 Å². The number of aliphatic hydroxyl groups is 1. The molecular formula is C18H21N3O5. The lowest BCUT2D eigenvalue weighted by molar-refractivity contribution is -0.136.